The standard InChI is InChI=1S/C10H22ClNO3S/c1-10(2)9-15-7-4-6-12-16(13,14)8-3-5-11/h10,12H,3-9H2,1-2H3. The molecule has 0 aromatic heterocycles. The maximum atomic E-state index is 11.3. The molecule has 6 heteroatoms. The number of nitrogens with one attached hydrogen (secondary N) is 1. The number of rotatable bonds is 10. The van der Waals surface area contributed by atoms with Crippen molar-refractivity contribution in [2.45, 2.75) is 26.7 Å². The number of hydrogen-bond acceptors (Lipinski definition) is 3. The van der Waals surface area contributed by atoms with Crippen LogP contribution in [0.5, 0.6) is 0 Å². The summed E-state index contributed by atoms with van der Waals surface area (Å²) >= 11 is 5.43. The Morgan fingerprint density at radius 2 is 2.00 bits per heavy atom. The summed E-state index contributed by atoms with van der Waals surface area (Å²) in [6, 6.07) is 0. The van der Waals surface area contributed by atoms with Gasteiger partial charge in [0.2, 0.25) is 10.0 Å². The zero-order valence-corrected chi connectivity index (χ0v) is 11.6. The summed E-state index contributed by atoms with van der Waals surface area (Å²) in [5, 5.41) is 0. The van der Waals surface area contributed by atoms with Gasteiger partial charge < -0.3 is 4.74 Å². The van der Waals surface area contributed by atoms with Gasteiger partial charge in [0.15, 0.2) is 0 Å². The van der Waals surface area contributed by atoms with Crippen molar-refractivity contribution in [1.29, 1.82) is 0 Å². The van der Waals surface area contributed by atoms with Crippen LogP contribution < -0.4 is 4.72 Å². The molecule has 0 radical (unpaired) electrons. The van der Waals surface area contributed by atoms with Gasteiger partial charge in [-0.1, -0.05) is 13.8 Å². The van der Waals surface area contributed by atoms with Crippen LogP contribution in [0, 0.1) is 5.92 Å². The number of hydrogen-bond donors (Lipinski definition) is 1. The highest BCUT2D eigenvalue weighted by Gasteiger charge is 2.07. The van der Waals surface area contributed by atoms with Gasteiger partial charge in [0.25, 0.3) is 0 Å². The molecule has 0 unspecified atom stereocenters. The third kappa shape index (κ3) is 10.7. The van der Waals surface area contributed by atoms with E-state index in [4.69, 9.17) is 16.3 Å². The lowest BCUT2D eigenvalue weighted by Gasteiger charge is -2.08. The predicted molar refractivity (Wildman–Crippen MR) is 67.4 cm³/mol. The van der Waals surface area contributed by atoms with Gasteiger partial charge in [-0.05, 0) is 18.8 Å². The largest absolute Gasteiger partial charge is 0.381 e. The van der Waals surface area contributed by atoms with Crippen LogP contribution in [0.15, 0.2) is 0 Å². The van der Waals surface area contributed by atoms with Crippen LogP contribution in [0.4, 0.5) is 0 Å². The zero-order valence-electron chi connectivity index (χ0n) is 10.0. The summed E-state index contributed by atoms with van der Waals surface area (Å²) in [6.45, 7) is 5.90. The van der Waals surface area contributed by atoms with Crippen LogP contribution in [-0.2, 0) is 14.8 Å². The molecule has 0 aliphatic carbocycles. The average molecular weight is 272 g/mol. The van der Waals surface area contributed by atoms with Crippen molar-refractivity contribution >= 4 is 21.6 Å². The Morgan fingerprint density at radius 3 is 2.56 bits per heavy atom. The van der Waals surface area contributed by atoms with E-state index in [1.54, 1.807) is 0 Å². The first-order chi connectivity index (χ1) is 7.48. The Morgan fingerprint density at radius 1 is 1.31 bits per heavy atom. The molecule has 16 heavy (non-hydrogen) atoms. The topological polar surface area (TPSA) is 55.4 Å². The van der Waals surface area contributed by atoms with E-state index in [9.17, 15) is 8.42 Å². The molecule has 0 rings (SSSR count). The quantitative estimate of drug-likeness (QED) is 0.485. The number of sulfonamides is 1. The second kappa shape index (κ2) is 9.22. The highest BCUT2D eigenvalue weighted by atomic mass is 35.5. The molecule has 98 valence electrons. The lowest BCUT2D eigenvalue weighted by molar-refractivity contribution is 0.108. The van der Waals surface area contributed by atoms with Crippen molar-refractivity contribution in [3.05, 3.63) is 0 Å². The van der Waals surface area contributed by atoms with E-state index in [0.717, 1.165) is 6.61 Å². The van der Waals surface area contributed by atoms with E-state index in [1.807, 2.05) is 0 Å². The monoisotopic (exact) mass is 271 g/mol. The van der Waals surface area contributed by atoms with E-state index < -0.39 is 10.0 Å². The van der Waals surface area contributed by atoms with Gasteiger partial charge in [-0.25, -0.2) is 13.1 Å². The lowest BCUT2D eigenvalue weighted by Crippen LogP contribution is -2.28. The molecule has 0 atom stereocenters. The number of ether oxygens (including phenoxy) is 1. The Labute approximate surface area is 104 Å². The smallest absolute Gasteiger partial charge is 0.211 e. The Hall–Kier alpha value is 0.160. The second-order valence-corrected chi connectivity index (χ2v) is 6.38. The van der Waals surface area contributed by atoms with Gasteiger partial charge >= 0.3 is 0 Å². The summed E-state index contributed by atoms with van der Waals surface area (Å²) in [6.07, 6.45) is 1.19. The molecule has 0 aromatic carbocycles. The fourth-order valence-electron chi connectivity index (χ4n) is 1.04. The molecule has 0 fully saturated rings. The zero-order chi connectivity index (χ0) is 12.4. The first-order valence-electron chi connectivity index (χ1n) is 5.59. The molecule has 0 bridgehead atoms. The molecule has 4 nitrogen and oxygen atoms in total. The van der Waals surface area contributed by atoms with Crippen LogP contribution in [0.25, 0.3) is 0 Å². The predicted octanol–water partition coefficient (Wildman–Crippen LogP) is 1.60. The summed E-state index contributed by atoms with van der Waals surface area (Å²) in [4.78, 5) is 0. The minimum Gasteiger partial charge on any atom is -0.381 e. The maximum Gasteiger partial charge on any atom is 0.211 e. The summed E-state index contributed by atoms with van der Waals surface area (Å²) in [5.41, 5.74) is 0. The van der Waals surface area contributed by atoms with Gasteiger partial charge in [0.05, 0.1) is 5.75 Å². The third-order valence-corrected chi connectivity index (χ3v) is 3.52. The molecule has 0 heterocycles. The van der Waals surface area contributed by atoms with Crippen molar-refractivity contribution in [3.63, 3.8) is 0 Å². The van der Waals surface area contributed by atoms with Gasteiger partial charge in [0.1, 0.15) is 0 Å². The first kappa shape index (κ1) is 16.2. The van der Waals surface area contributed by atoms with Crippen LogP contribution >= 0.6 is 11.6 Å². The van der Waals surface area contributed by atoms with Crippen LogP contribution in [0.1, 0.15) is 26.7 Å². The summed E-state index contributed by atoms with van der Waals surface area (Å²) < 4.78 is 30.5. The lowest BCUT2D eigenvalue weighted by atomic mass is 10.2. The highest BCUT2D eigenvalue weighted by molar-refractivity contribution is 7.89. The minimum atomic E-state index is -3.14. The maximum absolute atomic E-state index is 11.3. The van der Waals surface area contributed by atoms with E-state index in [2.05, 4.69) is 18.6 Å². The van der Waals surface area contributed by atoms with Crippen molar-refractivity contribution in [3.8, 4) is 0 Å². The molecule has 0 saturated carbocycles. The van der Waals surface area contributed by atoms with Crippen molar-refractivity contribution in [2.24, 2.45) is 5.92 Å². The average Bonchev–Trinajstić information content (AvgIpc) is 2.20. The van der Waals surface area contributed by atoms with Gasteiger partial charge in [-0.2, -0.15) is 0 Å². The van der Waals surface area contributed by atoms with Crippen LogP contribution in [0.3, 0.4) is 0 Å². The van der Waals surface area contributed by atoms with Crippen molar-refractivity contribution in [2.75, 3.05) is 31.4 Å². The Kier molecular flexibility index (Phi) is 9.31. The van der Waals surface area contributed by atoms with Crippen molar-refractivity contribution in [1.82, 2.24) is 4.72 Å². The summed E-state index contributed by atoms with van der Waals surface area (Å²) in [7, 11) is -3.14. The van der Waals surface area contributed by atoms with Crippen LogP contribution in [0.2, 0.25) is 0 Å². The molecule has 0 spiro atoms. The highest BCUT2D eigenvalue weighted by Crippen LogP contribution is 1.95. The van der Waals surface area contributed by atoms with E-state index in [-0.39, 0.29) is 5.75 Å². The fourth-order valence-corrected chi connectivity index (χ4v) is 2.45. The second-order valence-electron chi connectivity index (χ2n) is 4.08. The molecule has 0 saturated heterocycles. The van der Waals surface area contributed by atoms with E-state index in [0.29, 0.717) is 37.8 Å². The fraction of sp³-hybridized carbons (Fsp3) is 1.00. The molecular weight excluding hydrogens is 250 g/mol. The molecule has 0 amide bonds. The summed E-state index contributed by atoms with van der Waals surface area (Å²) in [5.74, 6) is 0.988. The van der Waals surface area contributed by atoms with E-state index in [1.165, 1.54) is 0 Å². The van der Waals surface area contributed by atoms with Gasteiger partial charge in [-0.3, -0.25) is 0 Å². The third-order valence-electron chi connectivity index (χ3n) is 1.79. The number of halogens is 1. The molecule has 0 aliphatic heterocycles. The van der Waals surface area contributed by atoms with Crippen LogP contribution in [-0.4, -0.2) is 39.8 Å². The molecule has 0 aliphatic rings. The minimum absolute atomic E-state index is 0.101. The van der Waals surface area contributed by atoms with Gasteiger partial charge in [0, 0.05) is 25.6 Å². The normalized spacial score (nSPS) is 12.2. The first-order valence-corrected chi connectivity index (χ1v) is 7.77. The number of alkyl halides is 1. The van der Waals surface area contributed by atoms with Gasteiger partial charge in [-0.15, -0.1) is 11.6 Å². The molecular formula is C10H22ClNO3S. The Bertz CT molecular complexity index is 255. The van der Waals surface area contributed by atoms with E-state index >= 15 is 0 Å². The molecule has 1 N–H and O–H groups in total. The SMILES string of the molecule is CC(C)COCCCNS(=O)(=O)CCCCl. The Balaban J connectivity index is 3.43. The van der Waals surface area contributed by atoms with Crippen molar-refractivity contribution < 1.29 is 13.2 Å². The molecule has 0 aromatic rings.